The number of nitrogens with two attached hydrogens (primary N) is 1. The Balaban J connectivity index is 3.22. The third-order valence-corrected chi connectivity index (χ3v) is 4.00. The molecule has 0 atom stereocenters. The monoisotopic (exact) mass is 287 g/mol. The fraction of sp³-hybridized carbons (Fsp3) is 0.500. The molecule has 0 bridgehead atoms. The molecule has 0 aromatic heterocycles. The highest BCUT2D eigenvalue weighted by Gasteiger charge is 2.23. The van der Waals surface area contributed by atoms with Gasteiger partial charge in [-0.1, -0.05) is 0 Å². The molecule has 0 spiro atoms. The first-order valence-electron chi connectivity index (χ1n) is 5.82. The standard InChI is InChI=1S/C12H21N3O3S/c1-12(2,8-18-4)15-10-6-5-9(13)7-11(10)19(16,17)14-3/h5-7,14-15H,8,13H2,1-4H3. The first-order chi connectivity index (χ1) is 8.72. The molecule has 0 saturated heterocycles. The predicted molar refractivity (Wildman–Crippen MR) is 76.7 cm³/mol. The van der Waals surface area contributed by atoms with Crippen LogP contribution < -0.4 is 15.8 Å². The molecule has 7 heteroatoms. The van der Waals surface area contributed by atoms with E-state index in [0.717, 1.165) is 0 Å². The van der Waals surface area contributed by atoms with Gasteiger partial charge in [0.05, 0.1) is 17.8 Å². The van der Waals surface area contributed by atoms with E-state index in [1.807, 2.05) is 13.8 Å². The molecule has 6 nitrogen and oxygen atoms in total. The van der Waals surface area contributed by atoms with Crippen LogP contribution in [0.2, 0.25) is 0 Å². The van der Waals surface area contributed by atoms with Crippen molar-refractivity contribution in [1.82, 2.24) is 4.72 Å². The lowest BCUT2D eigenvalue weighted by Crippen LogP contribution is -2.36. The van der Waals surface area contributed by atoms with E-state index in [4.69, 9.17) is 10.5 Å². The number of benzene rings is 1. The summed E-state index contributed by atoms with van der Waals surface area (Å²) in [5, 5.41) is 3.16. The van der Waals surface area contributed by atoms with Crippen LogP contribution in [-0.4, -0.2) is 34.7 Å². The van der Waals surface area contributed by atoms with E-state index in [1.165, 1.54) is 13.1 Å². The van der Waals surface area contributed by atoms with Crippen LogP contribution in [0.4, 0.5) is 11.4 Å². The molecule has 0 heterocycles. The van der Waals surface area contributed by atoms with E-state index in [-0.39, 0.29) is 4.90 Å². The minimum atomic E-state index is -3.57. The number of hydrogen-bond acceptors (Lipinski definition) is 5. The molecule has 1 aromatic carbocycles. The van der Waals surface area contributed by atoms with Gasteiger partial charge in [-0.15, -0.1) is 0 Å². The maximum Gasteiger partial charge on any atom is 0.242 e. The average Bonchev–Trinajstić information content (AvgIpc) is 2.31. The van der Waals surface area contributed by atoms with Crippen LogP contribution in [-0.2, 0) is 14.8 Å². The second-order valence-corrected chi connectivity index (χ2v) is 6.76. The van der Waals surface area contributed by atoms with Crippen LogP contribution in [0, 0.1) is 0 Å². The minimum absolute atomic E-state index is 0.124. The maximum absolute atomic E-state index is 12.0. The van der Waals surface area contributed by atoms with Gasteiger partial charge in [-0.05, 0) is 39.1 Å². The Hall–Kier alpha value is -1.31. The van der Waals surface area contributed by atoms with Gasteiger partial charge in [0.25, 0.3) is 0 Å². The van der Waals surface area contributed by atoms with Crippen molar-refractivity contribution >= 4 is 21.4 Å². The fourth-order valence-electron chi connectivity index (χ4n) is 1.74. The number of ether oxygens (including phenoxy) is 1. The topological polar surface area (TPSA) is 93.5 Å². The Kier molecular flexibility index (Phi) is 4.78. The molecule has 19 heavy (non-hydrogen) atoms. The molecule has 0 radical (unpaired) electrons. The molecule has 0 aliphatic heterocycles. The first kappa shape index (κ1) is 15.7. The molecule has 0 unspecified atom stereocenters. The molecular formula is C12H21N3O3S. The lowest BCUT2D eigenvalue weighted by molar-refractivity contribution is 0.158. The van der Waals surface area contributed by atoms with E-state index in [0.29, 0.717) is 18.0 Å². The van der Waals surface area contributed by atoms with Gasteiger partial charge in [0, 0.05) is 12.8 Å². The number of nitrogen functional groups attached to an aromatic ring is 1. The number of methoxy groups -OCH3 is 1. The van der Waals surface area contributed by atoms with E-state index < -0.39 is 15.6 Å². The van der Waals surface area contributed by atoms with E-state index in [1.54, 1.807) is 19.2 Å². The molecule has 4 N–H and O–H groups in total. The Labute approximate surface area is 114 Å². The number of sulfonamides is 1. The van der Waals surface area contributed by atoms with Gasteiger partial charge in [0.2, 0.25) is 10.0 Å². The zero-order valence-electron chi connectivity index (χ0n) is 11.6. The van der Waals surface area contributed by atoms with Crippen molar-refractivity contribution in [3.63, 3.8) is 0 Å². The second kappa shape index (κ2) is 5.77. The van der Waals surface area contributed by atoms with Crippen molar-refractivity contribution in [2.24, 2.45) is 0 Å². The van der Waals surface area contributed by atoms with Gasteiger partial charge in [-0.25, -0.2) is 13.1 Å². The zero-order chi connectivity index (χ0) is 14.7. The molecule has 1 rings (SSSR count). The third kappa shape index (κ3) is 4.09. The van der Waals surface area contributed by atoms with Crippen molar-refractivity contribution in [3.8, 4) is 0 Å². The van der Waals surface area contributed by atoms with Crippen LogP contribution in [0.1, 0.15) is 13.8 Å². The maximum atomic E-state index is 12.0. The van der Waals surface area contributed by atoms with Gasteiger partial charge in [-0.2, -0.15) is 0 Å². The number of anilines is 2. The average molecular weight is 287 g/mol. The summed E-state index contributed by atoms with van der Waals surface area (Å²) in [6, 6.07) is 4.73. The summed E-state index contributed by atoms with van der Waals surface area (Å²) in [6.07, 6.45) is 0. The van der Waals surface area contributed by atoms with Gasteiger partial charge >= 0.3 is 0 Å². The highest BCUT2D eigenvalue weighted by molar-refractivity contribution is 7.89. The zero-order valence-corrected chi connectivity index (χ0v) is 12.5. The van der Waals surface area contributed by atoms with Gasteiger partial charge in [0.15, 0.2) is 0 Å². The minimum Gasteiger partial charge on any atom is -0.399 e. The second-order valence-electron chi connectivity index (χ2n) is 4.91. The predicted octanol–water partition coefficient (Wildman–Crippen LogP) is 1.01. The summed E-state index contributed by atoms with van der Waals surface area (Å²) in [5.74, 6) is 0. The molecule has 0 aliphatic carbocycles. The first-order valence-corrected chi connectivity index (χ1v) is 7.30. The van der Waals surface area contributed by atoms with Crippen LogP contribution in [0.5, 0.6) is 0 Å². The summed E-state index contributed by atoms with van der Waals surface area (Å²) in [7, 11) is -0.613. The lowest BCUT2D eigenvalue weighted by atomic mass is 10.1. The van der Waals surface area contributed by atoms with Crippen molar-refractivity contribution < 1.29 is 13.2 Å². The summed E-state index contributed by atoms with van der Waals surface area (Å²) >= 11 is 0. The number of hydrogen-bond donors (Lipinski definition) is 3. The van der Waals surface area contributed by atoms with Crippen LogP contribution in [0.25, 0.3) is 0 Å². The third-order valence-electron chi connectivity index (χ3n) is 2.54. The van der Waals surface area contributed by atoms with E-state index in [9.17, 15) is 8.42 Å². The molecule has 1 aromatic rings. The lowest BCUT2D eigenvalue weighted by Gasteiger charge is -2.27. The van der Waals surface area contributed by atoms with Gasteiger partial charge in [0.1, 0.15) is 4.90 Å². The molecule has 0 aliphatic rings. The molecule has 0 fully saturated rings. The Bertz CT molecular complexity index is 541. The quantitative estimate of drug-likeness (QED) is 0.679. The SMILES string of the molecule is CNS(=O)(=O)c1cc(N)ccc1NC(C)(C)COC. The molecule has 0 saturated carbocycles. The smallest absolute Gasteiger partial charge is 0.242 e. The summed E-state index contributed by atoms with van der Waals surface area (Å²) in [4.78, 5) is 0.124. The van der Waals surface area contributed by atoms with Crippen molar-refractivity contribution in [2.75, 3.05) is 31.8 Å². The molecule has 108 valence electrons. The fourth-order valence-corrected chi connectivity index (χ4v) is 2.66. The van der Waals surface area contributed by atoms with Crippen molar-refractivity contribution in [1.29, 1.82) is 0 Å². The van der Waals surface area contributed by atoms with E-state index in [2.05, 4.69) is 10.0 Å². The Morgan fingerprint density at radius 2 is 2.00 bits per heavy atom. The van der Waals surface area contributed by atoms with Crippen LogP contribution in [0.3, 0.4) is 0 Å². The van der Waals surface area contributed by atoms with Gasteiger partial charge in [-0.3, -0.25) is 0 Å². The highest BCUT2D eigenvalue weighted by atomic mass is 32.2. The summed E-state index contributed by atoms with van der Waals surface area (Å²) in [5.41, 5.74) is 6.14. The molecule has 0 amide bonds. The summed E-state index contributed by atoms with van der Waals surface area (Å²) in [6.45, 7) is 4.28. The normalized spacial score (nSPS) is 12.4. The van der Waals surface area contributed by atoms with Crippen LogP contribution in [0.15, 0.2) is 23.1 Å². The Morgan fingerprint density at radius 3 is 2.53 bits per heavy atom. The highest BCUT2D eigenvalue weighted by Crippen LogP contribution is 2.26. The number of nitrogens with one attached hydrogen (secondary N) is 2. The van der Waals surface area contributed by atoms with Gasteiger partial charge < -0.3 is 15.8 Å². The van der Waals surface area contributed by atoms with E-state index >= 15 is 0 Å². The van der Waals surface area contributed by atoms with Crippen LogP contribution >= 0.6 is 0 Å². The van der Waals surface area contributed by atoms with Crippen molar-refractivity contribution in [2.45, 2.75) is 24.3 Å². The number of rotatable bonds is 6. The largest absolute Gasteiger partial charge is 0.399 e. The Morgan fingerprint density at radius 1 is 1.37 bits per heavy atom. The van der Waals surface area contributed by atoms with Crippen molar-refractivity contribution in [3.05, 3.63) is 18.2 Å². The molecular weight excluding hydrogens is 266 g/mol. The summed E-state index contributed by atoms with van der Waals surface area (Å²) < 4.78 is 31.4.